The average molecular weight is 528 g/mol. The van der Waals surface area contributed by atoms with Gasteiger partial charge in [0, 0.05) is 18.4 Å². The first-order valence-electron chi connectivity index (χ1n) is 9.50. The second kappa shape index (κ2) is 9.36. The van der Waals surface area contributed by atoms with E-state index in [2.05, 4.69) is 4.79 Å². The fourth-order valence-corrected chi connectivity index (χ4v) is 6.73. The van der Waals surface area contributed by atoms with Crippen LogP contribution in [0.1, 0.15) is 12.5 Å². The Labute approximate surface area is 199 Å². The zero-order valence-corrected chi connectivity index (χ0v) is 19.5. The van der Waals surface area contributed by atoms with E-state index < -0.39 is 76.6 Å². The fraction of sp³-hybridized carbons (Fsp3) is 0.333. The van der Waals surface area contributed by atoms with Crippen molar-refractivity contribution in [2.45, 2.75) is 25.0 Å². The van der Waals surface area contributed by atoms with Gasteiger partial charge in [-0.3, -0.25) is 19.8 Å². The monoisotopic (exact) mass is 528 g/mol. The highest BCUT2D eigenvalue weighted by Crippen LogP contribution is 2.42. The molecule has 0 bridgehead atoms. The molecule has 1 amide bonds. The molecule has 1 saturated heterocycles. The zero-order valence-electron chi connectivity index (χ0n) is 17.9. The summed E-state index contributed by atoms with van der Waals surface area (Å²) < 4.78 is 47.0. The van der Waals surface area contributed by atoms with Crippen LogP contribution in [0.2, 0.25) is 0 Å². The molecular formula is C18H16N4O11S2. The molecule has 186 valence electrons. The first-order valence-corrected chi connectivity index (χ1v) is 12.6. The molecule has 0 aliphatic carbocycles. The largest absolute Gasteiger partial charge is 0.508 e. The summed E-state index contributed by atoms with van der Waals surface area (Å²) >= 11 is 0. The molecule has 35 heavy (non-hydrogen) atoms. The summed E-state index contributed by atoms with van der Waals surface area (Å²) in [4.78, 5) is 48.7. The highest BCUT2D eigenvalue weighted by molar-refractivity contribution is 8.06. The van der Waals surface area contributed by atoms with Gasteiger partial charge >= 0.3 is 17.2 Å². The second-order valence-corrected chi connectivity index (χ2v) is 10.8. The van der Waals surface area contributed by atoms with Crippen LogP contribution in [-0.4, -0.2) is 73.2 Å². The van der Waals surface area contributed by atoms with Gasteiger partial charge in [0.2, 0.25) is 5.91 Å². The van der Waals surface area contributed by atoms with E-state index in [-0.39, 0.29) is 12.3 Å². The van der Waals surface area contributed by atoms with Crippen molar-refractivity contribution >= 4 is 49.4 Å². The summed E-state index contributed by atoms with van der Waals surface area (Å²) in [5, 5.41) is 17.8. The van der Waals surface area contributed by atoms with Crippen LogP contribution < -0.4 is 0 Å². The maximum absolute atomic E-state index is 12.9. The van der Waals surface area contributed by atoms with E-state index in [0.29, 0.717) is 16.7 Å². The summed E-state index contributed by atoms with van der Waals surface area (Å²) in [6.45, 7) is 0.921. The summed E-state index contributed by atoms with van der Waals surface area (Å²) in [5.74, 6) is -4.18. The summed E-state index contributed by atoms with van der Waals surface area (Å²) in [5.41, 5.74) is 8.44. The number of nitro benzene ring substituents is 1. The van der Waals surface area contributed by atoms with Crippen LogP contribution in [-0.2, 0) is 46.3 Å². The average Bonchev–Trinajstić information content (AvgIpc) is 2.76. The fourth-order valence-electron chi connectivity index (χ4n) is 3.54. The quantitative estimate of drug-likeness (QED) is 0.125. The standard InChI is InChI=1S/C18H16N4O11S2/c1-8(33-18(26)32-7-9-3-5-10(6-4-9)22(27)28)11-15(23)21-12(17(24)25)13(35(2,30)31)14(20-19)34(29)16(11)21/h3-6,8,11,16H,7H2,1-2H3,(H,24,25)/t8?,11-,16-,34-/m0/s1. The number of hydrogen-bond donors (Lipinski definition) is 1. The molecule has 1 aromatic carbocycles. The number of hydrogen-bond acceptors (Lipinski definition) is 10. The highest BCUT2D eigenvalue weighted by Gasteiger charge is 2.64. The van der Waals surface area contributed by atoms with Gasteiger partial charge in [0.15, 0.2) is 31.2 Å². The SMILES string of the molecule is CC(OC(=O)OCc1ccc([N+](=O)[O-])cc1)[C@H]1C(=O)N2C(C(=O)O)=C(S(C)(=O)=O)C(=[N+]=[N-])[S@](=O)[C@@H]12. The van der Waals surface area contributed by atoms with E-state index in [1.807, 2.05) is 0 Å². The Hall–Kier alpha value is -3.95. The van der Waals surface area contributed by atoms with Crippen molar-refractivity contribution in [1.82, 2.24) is 4.90 Å². The molecule has 1 unspecified atom stereocenters. The van der Waals surface area contributed by atoms with Crippen LogP contribution in [0.3, 0.4) is 0 Å². The number of nitrogens with zero attached hydrogens (tertiary/aromatic N) is 4. The van der Waals surface area contributed by atoms with Crippen LogP contribution in [0.15, 0.2) is 34.9 Å². The lowest BCUT2D eigenvalue weighted by Gasteiger charge is -2.48. The Morgan fingerprint density at radius 1 is 1.34 bits per heavy atom. The predicted molar refractivity (Wildman–Crippen MR) is 114 cm³/mol. The number of carbonyl (C=O) groups is 3. The minimum Gasteiger partial charge on any atom is -0.477 e. The number of carboxylic acid groups (broad SMARTS) is 1. The molecule has 3 rings (SSSR count). The number of aliphatic carboxylic acids is 1. The zero-order chi connectivity index (χ0) is 26.2. The van der Waals surface area contributed by atoms with E-state index in [4.69, 9.17) is 9.47 Å². The van der Waals surface area contributed by atoms with Crippen molar-refractivity contribution in [1.29, 1.82) is 0 Å². The Kier molecular flexibility index (Phi) is 6.86. The van der Waals surface area contributed by atoms with Gasteiger partial charge in [0.05, 0.1) is 4.92 Å². The Balaban J connectivity index is 1.77. The topological polar surface area (TPSA) is 224 Å². The minimum atomic E-state index is -4.38. The van der Waals surface area contributed by atoms with E-state index >= 15 is 0 Å². The molecule has 17 heteroatoms. The van der Waals surface area contributed by atoms with Gasteiger partial charge in [-0.15, -0.1) is 0 Å². The smallest absolute Gasteiger partial charge is 0.477 e. The minimum absolute atomic E-state index is 0.168. The van der Waals surface area contributed by atoms with Crippen LogP contribution in [0, 0.1) is 16.0 Å². The lowest BCUT2D eigenvalue weighted by molar-refractivity contribution is -0.384. The molecule has 0 radical (unpaired) electrons. The molecule has 2 aliphatic heterocycles. The first-order chi connectivity index (χ1) is 16.3. The molecule has 2 aliphatic rings. The highest BCUT2D eigenvalue weighted by atomic mass is 32.2. The van der Waals surface area contributed by atoms with Crippen molar-refractivity contribution in [3.8, 4) is 0 Å². The summed E-state index contributed by atoms with van der Waals surface area (Å²) in [6.07, 6.45) is -1.94. The molecule has 2 heterocycles. The van der Waals surface area contributed by atoms with E-state index in [1.165, 1.54) is 31.2 Å². The number of benzene rings is 1. The molecular weight excluding hydrogens is 512 g/mol. The third-order valence-electron chi connectivity index (χ3n) is 5.10. The van der Waals surface area contributed by atoms with Gasteiger partial charge < -0.3 is 20.1 Å². The maximum atomic E-state index is 12.9. The van der Waals surface area contributed by atoms with E-state index in [1.54, 1.807) is 0 Å². The van der Waals surface area contributed by atoms with Crippen molar-refractivity contribution in [3.05, 3.63) is 56.1 Å². The lowest BCUT2D eigenvalue weighted by atomic mass is 9.91. The van der Waals surface area contributed by atoms with Crippen molar-refractivity contribution in [2.75, 3.05) is 6.26 Å². The van der Waals surface area contributed by atoms with Crippen molar-refractivity contribution < 1.29 is 51.3 Å². The van der Waals surface area contributed by atoms with E-state index in [0.717, 1.165) is 0 Å². The number of fused-ring (bicyclic) bond motifs is 1. The molecule has 1 fully saturated rings. The number of ether oxygens (including phenoxy) is 2. The second-order valence-electron chi connectivity index (χ2n) is 7.37. The molecule has 0 saturated carbocycles. The number of sulfone groups is 1. The molecule has 0 aromatic heterocycles. The van der Waals surface area contributed by atoms with E-state index in [9.17, 15) is 47.8 Å². The van der Waals surface area contributed by atoms with Gasteiger partial charge in [-0.25, -0.2) is 22.2 Å². The van der Waals surface area contributed by atoms with Gasteiger partial charge in [0.25, 0.3) is 5.69 Å². The number of rotatable bonds is 7. The van der Waals surface area contributed by atoms with Gasteiger partial charge in [-0.05, 0) is 24.6 Å². The number of β-lactam (4-membered cyclic amide) rings is 1. The van der Waals surface area contributed by atoms with Gasteiger partial charge in [0.1, 0.15) is 24.0 Å². The first kappa shape index (κ1) is 25.7. The van der Waals surface area contributed by atoms with Crippen molar-refractivity contribution in [3.63, 3.8) is 0 Å². The van der Waals surface area contributed by atoms with Gasteiger partial charge in [-0.2, -0.15) is 4.79 Å². The normalized spacial score (nSPS) is 22.5. The third kappa shape index (κ3) is 4.68. The van der Waals surface area contributed by atoms with Crippen LogP contribution in [0.5, 0.6) is 0 Å². The number of carboxylic acids is 1. The Bertz CT molecular complexity index is 1350. The van der Waals surface area contributed by atoms with Gasteiger partial charge in [-0.1, -0.05) is 0 Å². The number of non-ortho nitro benzene ring substituents is 1. The molecule has 1 N–H and O–H groups in total. The van der Waals surface area contributed by atoms with Crippen LogP contribution >= 0.6 is 0 Å². The molecule has 0 spiro atoms. The number of amides is 1. The van der Waals surface area contributed by atoms with Crippen LogP contribution in [0.4, 0.5) is 10.5 Å². The Morgan fingerprint density at radius 2 is 1.94 bits per heavy atom. The molecule has 15 nitrogen and oxygen atoms in total. The third-order valence-corrected chi connectivity index (χ3v) is 7.97. The predicted octanol–water partition coefficient (Wildman–Crippen LogP) is 0.152. The number of carbonyl (C=O) groups excluding carboxylic acids is 2. The summed E-state index contributed by atoms with van der Waals surface area (Å²) in [6, 6.07) is 5.10. The Morgan fingerprint density at radius 3 is 2.43 bits per heavy atom. The van der Waals surface area contributed by atoms with Crippen LogP contribution in [0.25, 0.3) is 5.53 Å². The number of nitro groups is 1. The maximum Gasteiger partial charge on any atom is 0.508 e. The molecule has 4 atom stereocenters. The summed E-state index contributed by atoms with van der Waals surface area (Å²) in [7, 11) is -6.87. The van der Waals surface area contributed by atoms with Crippen molar-refractivity contribution in [2.24, 2.45) is 5.92 Å². The molecule has 1 aromatic rings. The lowest BCUT2D eigenvalue weighted by Crippen LogP contribution is -2.69.